The zero-order valence-corrected chi connectivity index (χ0v) is 13.9. The van der Waals surface area contributed by atoms with Crippen LogP contribution < -0.4 is 4.74 Å². The van der Waals surface area contributed by atoms with Gasteiger partial charge in [-0.15, -0.1) is 0 Å². The molecule has 0 unspecified atom stereocenters. The summed E-state index contributed by atoms with van der Waals surface area (Å²) in [4.78, 5) is 35.5. The second kappa shape index (κ2) is 6.78. The van der Waals surface area contributed by atoms with E-state index in [2.05, 4.69) is 15.9 Å². The van der Waals surface area contributed by atoms with Crippen LogP contribution in [0.1, 0.15) is 12.5 Å². The highest BCUT2D eigenvalue weighted by molar-refractivity contribution is 9.10. The average Bonchev–Trinajstić information content (AvgIpc) is 2.47. The SMILES string of the molecule is COc1cc(/C=C/C(=O)[C@@H]2C(=O)C=C(C)OC2=O)cc(Br)c1O. The first kappa shape index (κ1) is 17.0. The number of ether oxygens (including phenoxy) is 2. The normalized spacial score (nSPS) is 17.9. The minimum absolute atomic E-state index is 0.0670. The summed E-state index contributed by atoms with van der Waals surface area (Å²) in [6.45, 7) is 1.46. The van der Waals surface area contributed by atoms with Gasteiger partial charge in [-0.2, -0.15) is 0 Å². The molecule has 1 aromatic rings. The number of esters is 1. The molecule has 120 valence electrons. The first-order valence-corrected chi connectivity index (χ1v) is 7.35. The highest BCUT2D eigenvalue weighted by atomic mass is 79.9. The molecular weight excluding hydrogens is 368 g/mol. The van der Waals surface area contributed by atoms with Gasteiger partial charge in [-0.05, 0) is 46.6 Å². The molecule has 0 radical (unpaired) electrons. The molecule has 1 aliphatic heterocycles. The number of carbonyl (C=O) groups excluding carboxylic acids is 3. The second-order valence-electron chi connectivity index (χ2n) is 4.80. The third-order valence-corrected chi connectivity index (χ3v) is 3.73. The Morgan fingerprint density at radius 2 is 2.09 bits per heavy atom. The molecule has 2 rings (SSSR count). The fourth-order valence-corrected chi connectivity index (χ4v) is 2.48. The van der Waals surface area contributed by atoms with Crippen molar-refractivity contribution in [2.24, 2.45) is 5.92 Å². The molecule has 1 aromatic carbocycles. The van der Waals surface area contributed by atoms with Crippen molar-refractivity contribution < 1.29 is 29.0 Å². The molecule has 0 fully saturated rings. The van der Waals surface area contributed by atoms with Crippen molar-refractivity contribution in [3.05, 3.63) is 40.1 Å². The Bertz CT molecular complexity index is 747. The number of methoxy groups -OCH3 is 1. The van der Waals surface area contributed by atoms with E-state index < -0.39 is 23.5 Å². The van der Waals surface area contributed by atoms with E-state index >= 15 is 0 Å². The Labute approximate surface area is 140 Å². The average molecular weight is 381 g/mol. The molecule has 1 heterocycles. The molecule has 1 N–H and O–H groups in total. The third-order valence-electron chi connectivity index (χ3n) is 3.12. The van der Waals surface area contributed by atoms with Gasteiger partial charge in [0.2, 0.25) is 0 Å². The van der Waals surface area contributed by atoms with Crippen LogP contribution in [0.15, 0.2) is 34.5 Å². The van der Waals surface area contributed by atoms with Crippen LogP contribution in [0.3, 0.4) is 0 Å². The van der Waals surface area contributed by atoms with Crippen LogP contribution >= 0.6 is 15.9 Å². The number of rotatable bonds is 4. The maximum absolute atomic E-state index is 12.1. The van der Waals surface area contributed by atoms with Gasteiger partial charge in [-0.1, -0.05) is 6.08 Å². The number of carbonyl (C=O) groups is 3. The second-order valence-corrected chi connectivity index (χ2v) is 5.66. The summed E-state index contributed by atoms with van der Waals surface area (Å²) in [7, 11) is 1.39. The molecule has 0 saturated heterocycles. The van der Waals surface area contributed by atoms with E-state index in [1.165, 1.54) is 26.2 Å². The topological polar surface area (TPSA) is 89.9 Å². The molecule has 0 bridgehead atoms. The molecule has 7 heteroatoms. The molecule has 6 nitrogen and oxygen atoms in total. The van der Waals surface area contributed by atoms with Crippen molar-refractivity contribution in [1.29, 1.82) is 0 Å². The van der Waals surface area contributed by atoms with Gasteiger partial charge in [0.05, 0.1) is 11.6 Å². The Kier molecular flexibility index (Phi) is 5.00. The lowest BCUT2D eigenvalue weighted by Gasteiger charge is -2.15. The number of phenolic OH excluding ortho intramolecular Hbond substituents is 1. The minimum atomic E-state index is -1.47. The van der Waals surface area contributed by atoms with Gasteiger partial charge in [-0.25, -0.2) is 0 Å². The van der Waals surface area contributed by atoms with E-state index in [1.54, 1.807) is 6.07 Å². The zero-order valence-electron chi connectivity index (χ0n) is 12.3. The summed E-state index contributed by atoms with van der Waals surface area (Å²) < 4.78 is 10.2. The molecule has 1 atom stereocenters. The van der Waals surface area contributed by atoms with Crippen molar-refractivity contribution in [2.45, 2.75) is 6.92 Å². The number of phenols is 1. The first-order valence-electron chi connectivity index (χ1n) is 6.55. The maximum Gasteiger partial charge on any atom is 0.329 e. The quantitative estimate of drug-likeness (QED) is 0.490. The Balaban J connectivity index is 2.24. The van der Waals surface area contributed by atoms with E-state index in [4.69, 9.17) is 9.47 Å². The fourth-order valence-electron chi connectivity index (χ4n) is 2.02. The molecule has 23 heavy (non-hydrogen) atoms. The summed E-state index contributed by atoms with van der Waals surface area (Å²) in [6, 6.07) is 3.07. The van der Waals surface area contributed by atoms with Crippen LogP contribution in [0.2, 0.25) is 0 Å². The highest BCUT2D eigenvalue weighted by Gasteiger charge is 2.36. The van der Waals surface area contributed by atoms with Gasteiger partial charge < -0.3 is 14.6 Å². The lowest BCUT2D eigenvalue weighted by atomic mass is 9.96. The van der Waals surface area contributed by atoms with Crippen LogP contribution in [-0.2, 0) is 19.1 Å². The number of allylic oxidation sites excluding steroid dienone is 3. The molecule has 1 aliphatic rings. The maximum atomic E-state index is 12.1. The number of cyclic esters (lactones) is 1. The van der Waals surface area contributed by atoms with Gasteiger partial charge in [0.1, 0.15) is 5.76 Å². The van der Waals surface area contributed by atoms with Gasteiger partial charge in [0.25, 0.3) is 0 Å². The summed E-state index contributed by atoms with van der Waals surface area (Å²) >= 11 is 3.16. The molecule has 0 aliphatic carbocycles. The van der Waals surface area contributed by atoms with Gasteiger partial charge >= 0.3 is 5.97 Å². The van der Waals surface area contributed by atoms with Crippen molar-refractivity contribution >= 4 is 39.5 Å². The monoisotopic (exact) mass is 380 g/mol. The first-order chi connectivity index (χ1) is 10.8. The largest absolute Gasteiger partial charge is 0.503 e. The fraction of sp³-hybridized carbons (Fsp3) is 0.188. The Morgan fingerprint density at radius 1 is 1.39 bits per heavy atom. The number of aromatic hydroxyl groups is 1. The van der Waals surface area contributed by atoms with Crippen LogP contribution in [0, 0.1) is 5.92 Å². The summed E-state index contributed by atoms with van der Waals surface area (Å²) in [5.74, 6) is -3.31. The highest BCUT2D eigenvalue weighted by Crippen LogP contribution is 2.35. The predicted molar refractivity (Wildman–Crippen MR) is 84.7 cm³/mol. The Morgan fingerprint density at radius 3 is 2.70 bits per heavy atom. The van der Waals surface area contributed by atoms with Crippen molar-refractivity contribution in [1.82, 2.24) is 0 Å². The van der Waals surface area contributed by atoms with E-state index in [0.717, 1.165) is 12.2 Å². The molecule has 0 aromatic heterocycles. The van der Waals surface area contributed by atoms with Crippen LogP contribution in [0.5, 0.6) is 11.5 Å². The molecule has 0 spiro atoms. The van der Waals surface area contributed by atoms with E-state index in [-0.39, 0.29) is 17.3 Å². The molecule has 0 amide bonds. The van der Waals surface area contributed by atoms with Gasteiger partial charge in [-0.3, -0.25) is 14.4 Å². The smallest absolute Gasteiger partial charge is 0.329 e. The Hall–Kier alpha value is -2.41. The van der Waals surface area contributed by atoms with E-state index in [0.29, 0.717) is 10.0 Å². The number of hydrogen-bond donors (Lipinski definition) is 1. The minimum Gasteiger partial charge on any atom is -0.503 e. The third kappa shape index (κ3) is 3.68. The molecule has 0 saturated carbocycles. The zero-order chi connectivity index (χ0) is 17.1. The van der Waals surface area contributed by atoms with E-state index in [9.17, 15) is 19.5 Å². The summed E-state index contributed by atoms with van der Waals surface area (Å²) in [5, 5.41) is 9.72. The lowest BCUT2D eigenvalue weighted by Crippen LogP contribution is -2.34. The summed E-state index contributed by atoms with van der Waals surface area (Å²) in [5.41, 5.74) is 0.545. The summed E-state index contributed by atoms with van der Waals surface area (Å²) in [6.07, 6.45) is 3.66. The van der Waals surface area contributed by atoms with Crippen molar-refractivity contribution in [3.8, 4) is 11.5 Å². The van der Waals surface area contributed by atoms with Crippen LogP contribution in [0.25, 0.3) is 6.08 Å². The number of halogens is 1. The van der Waals surface area contributed by atoms with Crippen LogP contribution in [-0.4, -0.2) is 29.8 Å². The van der Waals surface area contributed by atoms with Gasteiger partial charge in [0, 0.05) is 6.08 Å². The molecular formula is C16H13BrO6. The van der Waals surface area contributed by atoms with Gasteiger partial charge in [0.15, 0.2) is 29.0 Å². The van der Waals surface area contributed by atoms with Crippen molar-refractivity contribution in [2.75, 3.05) is 7.11 Å². The number of benzene rings is 1. The number of ketones is 2. The van der Waals surface area contributed by atoms with E-state index in [1.807, 2.05) is 0 Å². The predicted octanol–water partition coefficient (Wildman–Crippen LogP) is 2.39. The van der Waals surface area contributed by atoms with Crippen LogP contribution in [0.4, 0.5) is 0 Å². The van der Waals surface area contributed by atoms with Crippen molar-refractivity contribution in [3.63, 3.8) is 0 Å². The standard InChI is InChI=1S/C16H13BrO6/c1-8-5-12(19)14(16(21)23-8)11(18)4-3-9-6-10(17)15(20)13(7-9)22-2/h3-7,14,20H,1-2H3/b4-3+/t14-/m1/s1. The number of hydrogen-bond acceptors (Lipinski definition) is 6. The lowest BCUT2D eigenvalue weighted by molar-refractivity contribution is -0.151.